The standard InChI is InChI=1S/C51H94O6/c1-4-7-10-13-16-19-21-23-24-25-26-28-29-32-35-38-41-44-50(53)56-47-48(46-55-49(52)43-40-37-34-31-18-15-12-9-6-3)57-51(54)45-42-39-36-33-30-27-22-20-17-14-11-8-5-2/h27,30-31,34,48H,4-26,28-29,32-33,35-47H2,1-3H3/b30-27-,34-31-. The van der Waals surface area contributed by atoms with Gasteiger partial charge >= 0.3 is 17.9 Å². The Kier molecular flexibility index (Phi) is 44.9. The van der Waals surface area contributed by atoms with Gasteiger partial charge in [0.1, 0.15) is 13.2 Å². The molecule has 0 aliphatic heterocycles. The zero-order valence-electron chi connectivity index (χ0n) is 38.1. The number of unbranched alkanes of at least 4 members (excludes halogenated alkanes) is 30. The summed E-state index contributed by atoms with van der Waals surface area (Å²) in [5.41, 5.74) is 0. The lowest BCUT2D eigenvalue weighted by Gasteiger charge is -2.18. The second-order valence-corrected chi connectivity index (χ2v) is 16.7. The van der Waals surface area contributed by atoms with Crippen LogP contribution in [-0.4, -0.2) is 37.2 Å². The topological polar surface area (TPSA) is 78.9 Å². The van der Waals surface area contributed by atoms with Gasteiger partial charge in [0, 0.05) is 19.3 Å². The van der Waals surface area contributed by atoms with Crippen molar-refractivity contribution >= 4 is 17.9 Å². The second-order valence-electron chi connectivity index (χ2n) is 16.7. The summed E-state index contributed by atoms with van der Waals surface area (Å²) in [5, 5.41) is 0. The summed E-state index contributed by atoms with van der Waals surface area (Å²) >= 11 is 0. The number of carbonyl (C=O) groups excluding carboxylic acids is 3. The molecule has 6 heteroatoms. The average Bonchev–Trinajstić information content (AvgIpc) is 3.21. The lowest BCUT2D eigenvalue weighted by atomic mass is 10.0. The van der Waals surface area contributed by atoms with E-state index in [1.165, 1.54) is 154 Å². The van der Waals surface area contributed by atoms with Crippen LogP contribution in [0.5, 0.6) is 0 Å². The highest BCUT2D eigenvalue weighted by Crippen LogP contribution is 2.15. The van der Waals surface area contributed by atoms with Crippen molar-refractivity contribution < 1.29 is 28.6 Å². The van der Waals surface area contributed by atoms with E-state index in [0.29, 0.717) is 19.3 Å². The molecule has 0 fully saturated rings. The fourth-order valence-corrected chi connectivity index (χ4v) is 7.15. The molecule has 0 aromatic rings. The first-order valence-electron chi connectivity index (χ1n) is 24.8. The van der Waals surface area contributed by atoms with E-state index in [2.05, 4.69) is 45.1 Å². The number of hydrogen-bond acceptors (Lipinski definition) is 6. The highest BCUT2D eigenvalue weighted by Gasteiger charge is 2.19. The van der Waals surface area contributed by atoms with Crippen LogP contribution in [0, 0.1) is 0 Å². The normalized spacial score (nSPS) is 12.1. The Morgan fingerprint density at radius 3 is 0.982 bits per heavy atom. The molecule has 0 spiro atoms. The maximum atomic E-state index is 12.7. The van der Waals surface area contributed by atoms with Gasteiger partial charge in [-0.25, -0.2) is 0 Å². The number of ether oxygens (including phenoxy) is 3. The fraction of sp³-hybridized carbons (Fsp3) is 0.863. The predicted octanol–water partition coefficient (Wildman–Crippen LogP) is 16.0. The van der Waals surface area contributed by atoms with Gasteiger partial charge in [-0.2, -0.15) is 0 Å². The Hall–Kier alpha value is -2.11. The molecule has 334 valence electrons. The molecule has 0 aromatic heterocycles. The molecule has 0 aliphatic carbocycles. The van der Waals surface area contributed by atoms with Crippen molar-refractivity contribution in [2.45, 2.75) is 271 Å². The van der Waals surface area contributed by atoms with Gasteiger partial charge in [-0.1, -0.05) is 206 Å². The number of carbonyl (C=O) groups is 3. The molecule has 0 aromatic carbocycles. The molecule has 6 nitrogen and oxygen atoms in total. The molecule has 0 aliphatic rings. The maximum absolute atomic E-state index is 12.7. The van der Waals surface area contributed by atoms with E-state index in [1.807, 2.05) is 0 Å². The first kappa shape index (κ1) is 54.9. The minimum atomic E-state index is -0.783. The van der Waals surface area contributed by atoms with Gasteiger partial charge in [0.25, 0.3) is 0 Å². The van der Waals surface area contributed by atoms with Crippen molar-refractivity contribution in [3.8, 4) is 0 Å². The van der Waals surface area contributed by atoms with Crippen LogP contribution >= 0.6 is 0 Å². The van der Waals surface area contributed by atoms with Gasteiger partial charge in [-0.3, -0.25) is 14.4 Å². The molecule has 0 amide bonds. The molecule has 1 unspecified atom stereocenters. The van der Waals surface area contributed by atoms with E-state index in [0.717, 1.165) is 70.6 Å². The summed E-state index contributed by atoms with van der Waals surface area (Å²) in [7, 11) is 0. The minimum Gasteiger partial charge on any atom is -0.462 e. The van der Waals surface area contributed by atoms with E-state index in [-0.39, 0.29) is 31.1 Å². The van der Waals surface area contributed by atoms with E-state index >= 15 is 0 Å². The molecule has 57 heavy (non-hydrogen) atoms. The van der Waals surface area contributed by atoms with Crippen molar-refractivity contribution in [3.63, 3.8) is 0 Å². The monoisotopic (exact) mass is 803 g/mol. The van der Waals surface area contributed by atoms with Crippen molar-refractivity contribution in [1.29, 1.82) is 0 Å². The van der Waals surface area contributed by atoms with Crippen molar-refractivity contribution in [1.82, 2.24) is 0 Å². The zero-order valence-corrected chi connectivity index (χ0v) is 38.1. The first-order chi connectivity index (χ1) is 28.0. The zero-order chi connectivity index (χ0) is 41.5. The van der Waals surface area contributed by atoms with Crippen LogP contribution in [0.4, 0.5) is 0 Å². The lowest BCUT2D eigenvalue weighted by Crippen LogP contribution is -2.30. The molecule has 0 radical (unpaired) electrons. The number of esters is 3. The summed E-state index contributed by atoms with van der Waals surface area (Å²) in [5.74, 6) is -0.927. The van der Waals surface area contributed by atoms with Crippen LogP contribution in [-0.2, 0) is 28.6 Å². The van der Waals surface area contributed by atoms with Crippen LogP contribution in [0.3, 0.4) is 0 Å². The lowest BCUT2D eigenvalue weighted by molar-refractivity contribution is -0.167. The Morgan fingerprint density at radius 2 is 0.596 bits per heavy atom. The van der Waals surface area contributed by atoms with Crippen molar-refractivity contribution in [2.75, 3.05) is 13.2 Å². The summed E-state index contributed by atoms with van der Waals surface area (Å²) in [6.45, 7) is 6.58. The van der Waals surface area contributed by atoms with Gasteiger partial charge in [-0.15, -0.1) is 0 Å². The Labute approximate surface area is 353 Å². The van der Waals surface area contributed by atoms with Crippen LogP contribution in [0.2, 0.25) is 0 Å². The van der Waals surface area contributed by atoms with Crippen LogP contribution < -0.4 is 0 Å². The highest BCUT2D eigenvalue weighted by atomic mass is 16.6. The molecule has 0 heterocycles. The summed E-state index contributed by atoms with van der Waals surface area (Å²) < 4.78 is 16.7. The molecule has 0 bridgehead atoms. The SMILES string of the molecule is CCCCCC/C=C\CCCC(=O)OCC(COC(=O)CCCCCCCCCCCCCCCCCCC)OC(=O)CCCCC/C=C\CCCCCCCC. The van der Waals surface area contributed by atoms with E-state index in [4.69, 9.17) is 14.2 Å². The minimum absolute atomic E-state index is 0.0824. The molecular formula is C51H94O6. The van der Waals surface area contributed by atoms with Crippen LogP contribution in [0.15, 0.2) is 24.3 Å². The second kappa shape index (κ2) is 46.6. The fourth-order valence-electron chi connectivity index (χ4n) is 7.15. The average molecular weight is 803 g/mol. The molecule has 1 atom stereocenters. The number of hydrogen-bond donors (Lipinski definition) is 0. The van der Waals surface area contributed by atoms with E-state index in [9.17, 15) is 14.4 Å². The smallest absolute Gasteiger partial charge is 0.306 e. The predicted molar refractivity (Wildman–Crippen MR) is 243 cm³/mol. The van der Waals surface area contributed by atoms with Crippen molar-refractivity contribution in [3.05, 3.63) is 24.3 Å². The Morgan fingerprint density at radius 1 is 0.333 bits per heavy atom. The number of allylic oxidation sites excluding steroid dienone is 4. The largest absolute Gasteiger partial charge is 0.462 e. The third kappa shape index (κ3) is 44.8. The summed E-state index contributed by atoms with van der Waals surface area (Å²) in [6, 6.07) is 0. The van der Waals surface area contributed by atoms with Crippen molar-refractivity contribution in [2.24, 2.45) is 0 Å². The third-order valence-electron chi connectivity index (χ3n) is 10.9. The molecule has 0 saturated carbocycles. The summed E-state index contributed by atoms with van der Waals surface area (Å²) in [6.07, 6.45) is 51.7. The van der Waals surface area contributed by atoms with Gasteiger partial charge in [0.15, 0.2) is 6.10 Å². The highest BCUT2D eigenvalue weighted by molar-refractivity contribution is 5.71. The van der Waals surface area contributed by atoms with Gasteiger partial charge in [-0.05, 0) is 64.2 Å². The molecule has 0 rings (SSSR count). The Bertz CT molecular complexity index is 927. The Balaban J connectivity index is 4.31. The quantitative estimate of drug-likeness (QED) is 0.0264. The summed E-state index contributed by atoms with van der Waals surface area (Å²) in [4.78, 5) is 37.8. The van der Waals surface area contributed by atoms with Gasteiger partial charge in [0.05, 0.1) is 0 Å². The van der Waals surface area contributed by atoms with Gasteiger partial charge in [0.2, 0.25) is 0 Å². The first-order valence-corrected chi connectivity index (χ1v) is 24.8. The molecular weight excluding hydrogens is 709 g/mol. The molecule has 0 N–H and O–H groups in total. The van der Waals surface area contributed by atoms with Crippen LogP contribution in [0.1, 0.15) is 265 Å². The van der Waals surface area contributed by atoms with Gasteiger partial charge < -0.3 is 14.2 Å². The molecule has 0 saturated heterocycles. The van der Waals surface area contributed by atoms with Crippen LogP contribution in [0.25, 0.3) is 0 Å². The number of rotatable bonds is 45. The van der Waals surface area contributed by atoms with E-state index in [1.54, 1.807) is 0 Å². The maximum Gasteiger partial charge on any atom is 0.306 e. The van der Waals surface area contributed by atoms with E-state index < -0.39 is 6.10 Å². The third-order valence-corrected chi connectivity index (χ3v) is 10.9.